The molecule has 0 aliphatic heterocycles. The van der Waals surface area contributed by atoms with Crippen molar-refractivity contribution in [1.82, 2.24) is 4.98 Å². The minimum atomic E-state index is -1.92. The number of pyridine rings is 1. The number of aromatic nitrogens is 1. The fraction of sp³-hybridized carbons (Fsp3) is 0.562. The standard InChI is InChI=1S/C16H22ClFINOSi/c1-8(2)22(9(3)4,10(5)6)12-7-11-15(21-12)14(19)13(18)16(17)20-11/h7-10H,1-6H3. The van der Waals surface area contributed by atoms with Gasteiger partial charge in [0, 0.05) is 6.07 Å². The molecule has 0 unspecified atom stereocenters. The molecule has 2 aromatic heterocycles. The fourth-order valence-electron chi connectivity index (χ4n) is 4.03. The number of furan rings is 1. The molecule has 2 rings (SSSR count). The van der Waals surface area contributed by atoms with Gasteiger partial charge in [-0.2, -0.15) is 0 Å². The van der Waals surface area contributed by atoms with Crippen LogP contribution in [0.2, 0.25) is 21.8 Å². The Balaban J connectivity index is 2.79. The van der Waals surface area contributed by atoms with Crippen LogP contribution in [0, 0.1) is 9.39 Å². The molecule has 2 nitrogen and oxygen atoms in total. The highest BCUT2D eigenvalue weighted by Gasteiger charge is 2.47. The zero-order valence-electron chi connectivity index (χ0n) is 13.8. The highest BCUT2D eigenvalue weighted by Crippen LogP contribution is 2.42. The molecule has 122 valence electrons. The summed E-state index contributed by atoms with van der Waals surface area (Å²) in [6.07, 6.45) is 0. The van der Waals surface area contributed by atoms with Crippen molar-refractivity contribution < 1.29 is 8.81 Å². The van der Waals surface area contributed by atoms with E-state index < -0.39 is 13.9 Å². The summed E-state index contributed by atoms with van der Waals surface area (Å²) in [4.78, 5) is 4.16. The molecule has 0 amide bonds. The van der Waals surface area contributed by atoms with Crippen LogP contribution in [0.5, 0.6) is 0 Å². The Morgan fingerprint density at radius 3 is 2.09 bits per heavy atom. The van der Waals surface area contributed by atoms with Crippen molar-refractivity contribution in [3.8, 4) is 0 Å². The quantitative estimate of drug-likeness (QED) is 0.317. The van der Waals surface area contributed by atoms with E-state index in [0.29, 0.717) is 31.3 Å². The van der Waals surface area contributed by atoms with Crippen molar-refractivity contribution in [2.24, 2.45) is 0 Å². The molecular weight excluding hydrogens is 432 g/mol. The van der Waals surface area contributed by atoms with Crippen LogP contribution in [-0.4, -0.2) is 13.1 Å². The second-order valence-electron chi connectivity index (χ2n) is 6.75. The summed E-state index contributed by atoms with van der Waals surface area (Å²) in [6.45, 7) is 13.6. The van der Waals surface area contributed by atoms with Crippen molar-refractivity contribution in [3.05, 3.63) is 20.6 Å². The Bertz CT molecular complexity index is 677. The van der Waals surface area contributed by atoms with E-state index in [9.17, 15) is 4.39 Å². The maximum Gasteiger partial charge on any atom is 0.177 e. The van der Waals surface area contributed by atoms with Gasteiger partial charge in [0.05, 0.1) is 8.95 Å². The molecular formula is C16H22ClFINOSi. The first-order valence-electron chi connectivity index (χ1n) is 7.58. The molecule has 0 saturated carbocycles. The van der Waals surface area contributed by atoms with E-state index in [1.54, 1.807) is 0 Å². The summed E-state index contributed by atoms with van der Waals surface area (Å²) in [5.74, 6) is -0.499. The van der Waals surface area contributed by atoms with E-state index in [-0.39, 0.29) is 5.15 Å². The Morgan fingerprint density at radius 1 is 1.14 bits per heavy atom. The predicted molar refractivity (Wildman–Crippen MR) is 102 cm³/mol. The van der Waals surface area contributed by atoms with Gasteiger partial charge in [0.2, 0.25) is 0 Å². The van der Waals surface area contributed by atoms with Crippen LogP contribution in [0.3, 0.4) is 0 Å². The van der Waals surface area contributed by atoms with Gasteiger partial charge < -0.3 is 4.42 Å². The van der Waals surface area contributed by atoms with Gasteiger partial charge >= 0.3 is 0 Å². The summed E-state index contributed by atoms with van der Waals surface area (Å²) < 4.78 is 20.6. The van der Waals surface area contributed by atoms with Crippen LogP contribution in [0.4, 0.5) is 4.39 Å². The number of hydrogen-bond acceptors (Lipinski definition) is 2. The molecule has 22 heavy (non-hydrogen) atoms. The van der Waals surface area contributed by atoms with Gasteiger partial charge in [0.25, 0.3) is 0 Å². The normalized spacial score (nSPS) is 13.1. The Morgan fingerprint density at radius 2 is 1.64 bits per heavy atom. The minimum Gasteiger partial charge on any atom is -0.463 e. The molecule has 0 aliphatic carbocycles. The van der Waals surface area contributed by atoms with E-state index in [1.807, 2.05) is 28.7 Å². The topological polar surface area (TPSA) is 26.0 Å². The lowest BCUT2D eigenvalue weighted by Gasteiger charge is -2.40. The van der Waals surface area contributed by atoms with Gasteiger partial charge in [-0.1, -0.05) is 53.1 Å². The maximum absolute atomic E-state index is 14.0. The third-order valence-electron chi connectivity index (χ3n) is 4.80. The first kappa shape index (κ1) is 18.2. The summed E-state index contributed by atoms with van der Waals surface area (Å²) in [7, 11) is -1.92. The molecule has 2 heterocycles. The number of fused-ring (bicyclic) bond motifs is 1. The highest BCUT2D eigenvalue weighted by atomic mass is 127. The second-order valence-corrected chi connectivity index (χ2v) is 14.0. The van der Waals surface area contributed by atoms with E-state index >= 15 is 0 Å². The number of hydrogen-bond donors (Lipinski definition) is 0. The molecule has 2 aromatic rings. The zero-order valence-corrected chi connectivity index (χ0v) is 17.7. The molecule has 0 spiro atoms. The predicted octanol–water partition coefficient (Wildman–Crippen LogP) is 6.11. The lowest BCUT2D eigenvalue weighted by Crippen LogP contribution is -2.55. The minimum absolute atomic E-state index is 0.0878. The first-order valence-corrected chi connectivity index (χ1v) is 11.3. The Labute approximate surface area is 151 Å². The van der Waals surface area contributed by atoms with Crippen molar-refractivity contribution in [2.75, 3.05) is 0 Å². The largest absolute Gasteiger partial charge is 0.463 e. The molecule has 0 aromatic carbocycles. The molecule has 0 fully saturated rings. The van der Waals surface area contributed by atoms with Crippen molar-refractivity contribution in [2.45, 2.75) is 58.2 Å². The number of nitrogens with zero attached hydrogens (tertiary/aromatic N) is 1. The summed E-state index contributed by atoms with van der Waals surface area (Å²) >= 11 is 7.83. The van der Waals surface area contributed by atoms with Gasteiger partial charge in [-0.05, 0) is 39.2 Å². The van der Waals surface area contributed by atoms with Crippen molar-refractivity contribution in [1.29, 1.82) is 0 Å². The smallest absolute Gasteiger partial charge is 0.177 e. The second kappa shape index (κ2) is 6.40. The Kier molecular flexibility index (Phi) is 5.29. The third-order valence-corrected chi connectivity index (χ3v) is 12.8. The number of halogens is 3. The highest BCUT2D eigenvalue weighted by molar-refractivity contribution is 14.1. The van der Waals surface area contributed by atoms with Gasteiger partial charge in [-0.15, -0.1) is 0 Å². The summed E-state index contributed by atoms with van der Waals surface area (Å²) in [5, 5.41) is 0.921. The lowest BCUT2D eigenvalue weighted by atomic mass is 10.4. The van der Waals surface area contributed by atoms with E-state index in [4.69, 9.17) is 16.0 Å². The Hall–Kier alpha value is -0.143. The van der Waals surface area contributed by atoms with Gasteiger partial charge in [0.1, 0.15) is 13.6 Å². The van der Waals surface area contributed by atoms with Crippen LogP contribution >= 0.6 is 34.2 Å². The van der Waals surface area contributed by atoms with Gasteiger partial charge in [0.15, 0.2) is 16.6 Å². The molecule has 0 bridgehead atoms. The fourth-order valence-corrected chi connectivity index (χ4v) is 11.4. The molecule has 0 aliphatic rings. The molecule has 0 saturated heterocycles. The van der Waals surface area contributed by atoms with Gasteiger partial charge in [-0.3, -0.25) is 0 Å². The molecule has 0 radical (unpaired) electrons. The third kappa shape index (κ3) is 2.63. The van der Waals surface area contributed by atoms with Gasteiger partial charge in [-0.25, -0.2) is 9.37 Å². The molecule has 6 heteroatoms. The van der Waals surface area contributed by atoms with Crippen molar-refractivity contribution in [3.63, 3.8) is 0 Å². The molecule has 0 atom stereocenters. The van der Waals surface area contributed by atoms with E-state index in [1.165, 1.54) is 0 Å². The lowest BCUT2D eigenvalue weighted by molar-refractivity contribution is 0.597. The monoisotopic (exact) mass is 453 g/mol. The first-order chi connectivity index (χ1) is 10.1. The van der Waals surface area contributed by atoms with Crippen molar-refractivity contribution >= 4 is 58.7 Å². The van der Waals surface area contributed by atoms with Crippen LogP contribution in [0.15, 0.2) is 10.5 Å². The summed E-state index contributed by atoms with van der Waals surface area (Å²) in [6, 6.07) is 2.00. The molecule has 0 N–H and O–H groups in total. The average Bonchev–Trinajstić information content (AvgIpc) is 2.79. The van der Waals surface area contributed by atoms with Crippen LogP contribution in [0.25, 0.3) is 11.1 Å². The van der Waals surface area contributed by atoms with Crippen LogP contribution < -0.4 is 5.38 Å². The number of rotatable bonds is 4. The maximum atomic E-state index is 14.0. The summed E-state index contributed by atoms with van der Waals surface area (Å²) in [5.41, 5.74) is 2.74. The zero-order chi connectivity index (χ0) is 16.8. The van der Waals surface area contributed by atoms with E-state index in [2.05, 4.69) is 46.5 Å². The van der Waals surface area contributed by atoms with Crippen LogP contribution in [-0.2, 0) is 0 Å². The average molecular weight is 454 g/mol. The van der Waals surface area contributed by atoms with Crippen LogP contribution in [0.1, 0.15) is 41.5 Å². The van der Waals surface area contributed by atoms with E-state index in [0.717, 1.165) is 5.38 Å². The SMILES string of the molecule is CC(C)[Si](c1cc2nc(Cl)c(F)c(I)c2o1)(C(C)C)C(C)C.